The van der Waals surface area contributed by atoms with Gasteiger partial charge in [-0.05, 0) is 74.5 Å². The molecule has 112 valence electrons. The Balaban J connectivity index is 1.98. The fraction of sp³-hybridized carbons (Fsp3) is 0.368. The molecule has 2 aromatic carbocycles. The zero-order valence-electron chi connectivity index (χ0n) is 13.3. The highest BCUT2D eigenvalue weighted by molar-refractivity contribution is 5.38. The lowest BCUT2D eigenvalue weighted by Gasteiger charge is -2.18. The third-order valence-electron chi connectivity index (χ3n) is 4.15. The second-order valence-electron chi connectivity index (χ2n) is 5.81. The van der Waals surface area contributed by atoms with Crippen molar-refractivity contribution in [3.8, 4) is 0 Å². The van der Waals surface area contributed by atoms with Gasteiger partial charge in [0.25, 0.3) is 0 Å². The minimum atomic E-state index is -0.116. The van der Waals surface area contributed by atoms with Gasteiger partial charge in [-0.25, -0.2) is 4.39 Å². The number of aryl methyl sites for hydroxylation is 3. The van der Waals surface area contributed by atoms with Crippen molar-refractivity contribution < 1.29 is 4.39 Å². The van der Waals surface area contributed by atoms with Crippen molar-refractivity contribution in [1.29, 1.82) is 0 Å². The highest BCUT2D eigenvalue weighted by atomic mass is 19.1. The van der Waals surface area contributed by atoms with E-state index in [1.54, 1.807) is 6.07 Å². The Labute approximate surface area is 127 Å². The van der Waals surface area contributed by atoms with Crippen LogP contribution >= 0.6 is 0 Å². The molecule has 0 aromatic heterocycles. The quantitative estimate of drug-likeness (QED) is 0.843. The molecule has 1 atom stereocenters. The fourth-order valence-electron chi connectivity index (χ4n) is 2.68. The minimum Gasteiger partial charge on any atom is -0.310 e. The summed E-state index contributed by atoms with van der Waals surface area (Å²) in [5.41, 5.74) is 6.05. The van der Waals surface area contributed by atoms with Crippen LogP contribution in [0.5, 0.6) is 0 Å². The van der Waals surface area contributed by atoms with Gasteiger partial charge < -0.3 is 5.32 Å². The van der Waals surface area contributed by atoms with Crippen molar-refractivity contribution in [2.45, 2.75) is 40.2 Å². The Morgan fingerprint density at radius 3 is 2.38 bits per heavy atom. The second kappa shape index (κ2) is 6.86. The average Bonchev–Trinajstić information content (AvgIpc) is 2.44. The molecule has 0 saturated carbocycles. The lowest BCUT2D eigenvalue weighted by atomic mass is 9.96. The normalized spacial score (nSPS) is 12.4. The summed E-state index contributed by atoms with van der Waals surface area (Å²) in [6.07, 6.45) is 0.709. The van der Waals surface area contributed by atoms with Crippen LogP contribution in [0.3, 0.4) is 0 Å². The van der Waals surface area contributed by atoms with Gasteiger partial charge in [-0.2, -0.15) is 0 Å². The van der Waals surface area contributed by atoms with Gasteiger partial charge in [0, 0.05) is 6.04 Å². The molecule has 0 aliphatic heterocycles. The van der Waals surface area contributed by atoms with Crippen LogP contribution < -0.4 is 5.32 Å². The molecular formula is C19H24FN. The van der Waals surface area contributed by atoms with E-state index >= 15 is 0 Å². The molecule has 0 amide bonds. The molecule has 2 rings (SSSR count). The predicted molar refractivity (Wildman–Crippen MR) is 87.2 cm³/mol. The first-order chi connectivity index (χ1) is 9.99. The van der Waals surface area contributed by atoms with E-state index in [2.05, 4.69) is 45.1 Å². The number of hydrogen-bond acceptors (Lipinski definition) is 1. The van der Waals surface area contributed by atoms with Crippen LogP contribution in [0.4, 0.5) is 4.39 Å². The molecule has 0 aliphatic rings. The van der Waals surface area contributed by atoms with Crippen LogP contribution in [0.2, 0.25) is 0 Å². The van der Waals surface area contributed by atoms with Crippen molar-refractivity contribution in [3.63, 3.8) is 0 Å². The zero-order valence-corrected chi connectivity index (χ0v) is 13.3. The van der Waals surface area contributed by atoms with E-state index in [-0.39, 0.29) is 11.9 Å². The van der Waals surface area contributed by atoms with Gasteiger partial charge in [0.15, 0.2) is 0 Å². The van der Waals surface area contributed by atoms with E-state index in [1.165, 1.54) is 28.3 Å². The lowest BCUT2D eigenvalue weighted by Crippen LogP contribution is -2.22. The summed E-state index contributed by atoms with van der Waals surface area (Å²) in [4.78, 5) is 0. The molecule has 0 radical (unpaired) electrons. The maximum absolute atomic E-state index is 13.6. The highest BCUT2D eigenvalue weighted by Crippen LogP contribution is 2.21. The Morgan fingerprint density at radius 2 is 1.67 bits per heavy atom. The number of halogens is 1. The molecule has 1 N–H and O–H groups in total. The first-order valence-corrected chi connectivity index (χ1v) is 7.53. The van der Waals surface area contributed by atoms with Gasteiger partial charge in [-0.15, -0.1) is 0 Å². The Bertz CT molecular complexity index is 619. The molecule has 2 aromatic rings. The molecule has 0 spiro atoms. The van der Waals surface area contributed by atoms with Crippen LogP contribution in [0.1, 0.15) is 40.8 Å². The van der Waals surface area contributed by atoms with Gasteiger partial charge in [-0.3, -0.25) is 0 Å². The summed E-state index contributed by atoms with van der Waals surface area (Å²) in [6, 6.07) is 11.7. The van der Waals surface area contributed by atoms with Crippen LogP contribution in [0, 0.1) is 26.6 Å². The predicted octanol–water partition coefficient (Wildman–Crippen LogP) is 4.64. The molecule has 1 unspecified atom stereocenters. The van der Waals surface area contributed by atoms with Crippen molar-refractivity contribution in [3.05, 3.63) is 70.0 Å². The largest absolute Gasteiger partial charge is 0.310 e. The first-order valence-electron chi connectivity index (χ1n) is 7.53. The van der Waals surface area contributed by atoms with E-state index in [0.717, 1.165) is 12.1 Å². The molecule has 0 bridgehead atoms. The maximum Gasteiger partial charge on any atom is 0.126 e. The van der Waals surface area contributed by atoms with Gasteiger partial charge in [0.2, 0.25) is 0 Å². The van der Waals surface area contributed by atoms with E-state index < -0.39 is 0 Å². The smallest absolute Gasteiger partial charge is 0.126 e. The molecule has 0 heterocycles. The van der Waals surface area contributed by atoms with Gasteiger partial charge in [0.1, 0.15) is 5.82 Å². The van der Waals surface area contributed by atoms with Crippen molar-refractivity contribution in [2.75, 3.05) is 6.54 Å². The molecule has 2 heteroatoms. The third kappa shape index (κ3) is 3.92. The topological polar surface area (TPSA) is 12.0 Å². The summed E-state index contributed by atoms with van der Waals surface area (Å²) < 4.78 is 13.6. The van der Waals surface area contributed by atoms with E-state index in [9.17, 15) is 4.39 Å². The van der Waals surface area contributed by atoms with Crippen LogP contribution in [0.25, 0.3) is 0 Å². The van der Waals surface area contributed by atoms with Crippen molar-refractivity contribution in [2.24, 2.45) is 0 Å². The van der Waals surface area contributed by atoms with Crippen LogP contribution in [-0.4, -0.2) is 6.54 Å². The molecule has 21 heavy (non-hydrogen) atoms. The van der Waals surface area contributed by atoms with E-state index in [0.29, 0.717) is 6.42 Å². The second-order valence-corrected chi connectivity index (χ2v) is 5.81. The number of benzene rings is 2. The first kappa shape index (κ1) is 15.7. The molecule has 0 fully saturated rings. The summed E-state index contributed by atoms with van der Waals surface area (Å²) in [6.45, 7) is 9.37. The molecule has 0 saturated heterocycles. The standard InChI is InChI=1S/C19H24FN/c1-13-11-15(3)18(12-14(13)2)16(4)21-10-9-17-7-5-6-8-19(17)20/h5-8,11-12,16,21H,9-10H2,1-4H3. The van der Waals surface area contributed by atoms with E-state index in [1.807, 2.05) is 12.1 Å². The Morgan fingerprint density at radius 1 is 1.00 bits per heavy atom. The number of nitrogens with one attached hydrogen (secondary N) is 1. The Kier molecular flexibility index (Phi) is 5.13. The average molecular weight is 285 g/mol. The van der Waals surface area contributed by atoms with Crippen LogP contribution in [-0.2, 0) is 6.42 Å². The number of hydrogen-bond donors (Lipinski definition) is 1. The summed E-state index contributed by atoms with van der Waals surface area (Å²) in [7, 11) is 0. The highest BCUT2D eigenvalue weighted by Gasteiger charge is 2.10. The fourth-order valence-corrected chi connectivity index (χ4v) is 2.68. The van der Waals surface area contributed by atoms with Crippen molar-refractivity contribution in [1.82, 2.24) is 5.32 Å². The SMILES string of the molecule is Cc1cc(C)c(C(C)NCCc2ccccc2F)cc1C. The van der Waals surface area contributed by atoms with E-state index in [4.69, 9.17) is 0 Å². The van der Waals surface area contributed by atoms with Gasteiger partial charge >= 0.3 is 0 Å². The number of rotatable bonds is 5. The van der Waals surface area contributed by atoms with Gasteiger partial charge in [-0.1, -0.05) is 30.3 Å². The van der Waals surface area contributed by atoms with Crippen molar-refractivity contribution >= 4 is 0 Å². The molecule has 0 aliphatic carbocycles. The zero-order chi connectivity index (χ0) is 15.4. The monoisotopic (exact) mass is 285 g/mol. The Hall–Kier alpha value is -1.67. The summed E-state index contributed by atoms with van der Waals surface area (Å²) in [5.74, 6) is -0.116. The lowest BCUT2D eigenvalue weighted by molar-refractivity contribution is 0.557. The van der Waals surface area contributed by atoms with Crippen LogP contribution in [0.15, 0.2) is 36.4 Å². The summed E-state index contributed by atoms with van der Waals surface area (Å²) >= 11 is 0. The maximum atomic E-state index is 13.6. The van der Waals surface area contributed by atoms with Gasteiger partial charge in [0.05, 0.1) is 0 Å². The molecular weight excluding hydrogens is 261 g/mol. The molecule has 1 nitrogen and oxygen atoms in total. The summed E-state index contributed by atoms with van der Waals surface area (Å²) in [5, 5.41) is 3.50. The third-order valence-corrected chi connectivity index (χ3v) is 4.15. The minimum absolute atomic E-state index is 0.116.